The largest absolute Gasteiger partial charge is 0.367 e. The van der Waals surface area contributed by atoms with Gasteiger partial charge in [0.2, 0.25) is 0 Å². The fourth-order valence-corrected chi connectivity index (χ4v) is 3.54. The number of nitrogens with one attached hydrogen (secondary N) is 2. The number of amides is 1. The van der Waals surface area contributed by atoms with Crippen LogP contribution in [0, 0.1) is 0 Å². The summed E-state index contributed by atoms with van der Waals surface area (Å²) in [6.45, 7) is 4.75. The van der Waals surface area contributed by atoms with Gasteiger partial charge in [-0.2, -0.15) is 0 Å². The number of aromatic nitrogens is 1. The van der Waals surface area contributed by atoms with Crippen LogP contribution in [0.2, 0.25) is 0 Å². The van der Waals surface area contributed by atoms with Gasteiger partial charge in [-0.1, -0.05) is 0 Å². The van der Waals surface area contributed by atoms with E-state index in [1.165, 1.54) is 25.7 Å². The lowest BCUT2D eigenvalue weighted by Gasteiger charge is -2.31. The molecule has 2 unspecified atom stereocenters. The predicted octanol–water partition coefficient (Wildman–Crippen LogP) is 1.55. The summed E-state index contributed by atoms with van der Waals surface area (Å²) in [6.07, 6.45) is 6.74. The zero-order chi connectivity index (χ0) is 14.7. The van der Waals surface area contributed by atoms with Crippen LogP contribution in [0.25, 0.3) is 0 Å². The molecule has 2 fully saturated rings. The van der Waals surface area contributed by atoms with Gasteiger partial charge in [-0.15, -0.1) is 0 Å². The number of carbonyl (C=O) groups is 1. The SMILES string of the molecule is CCNC(=O)c1cc(N2CCCC2C2CCCN2)ccn1. The Balaban J connectivity index is 1.78. The summed E-state index contributed by atoms with van der Waals surface area (Å²) in [4.78, 5) is 18.6. The van der Waals surface area contributed by atoms with Crippen molar-refractivity contribution in [3.05, 3.63) is 24.0 Å². The fourth-order valence-electron chi connectivity index (χ4n) is 3.54. The predicted molar refractivity (Wildman–Crippen MR) is 83.6 cm³/mol. The Morgan fingerprint density at radius 3 is 3.14 bits per heavy atom. The van der Waals surface area contributed by atoms with Crippen molar-refractivity contribution in [2.45, 2.75) is 44.7 Å². The Kier molecular flexibility index (Phi) is 4.39. The van der Waals surface area contributed by atoms with E-state index in [4.69, 9.17) is 0 Å². The van der Waals surface area contributed by atoms with Gasteiger partial charge in [0.15, 0.2) is 0 Å². The molecule has 0 bridgehead atoms. The molecule has 0 saturated carbocycles. The molecule has 1 amide bonds. The van der Waals surface area contributed by atoms with Crippen LogP contribution in [-0.2, 0) is 0 Å². The normalized spacial score (nSPS) is 25.3. The number of anilines is 1. The van der Waals surface area contributed by atoms with E-state index in [2.05, 4.69) is 20.5 Å². The maximum absolute atomic E-state index is 11.9. The fraction of sp³-hybridized carbons (Fsp3) is 0.625. The van der Waals surface area contributed by atoms with Crippen molar-refractivity contribution in [1.29, 1.82) is 0 Å². The molecule has 0 aromatic carbocycles. The topological polar surface area (TPSA) is 57.3 Å². The molecule has 3 rings (SSSR count). The summed E-state index contributed by atoms with van der Waals surface area (Å²) >= 11 is 0. The summed E-state index contributed by atoms with van der Waals surface area (Å²) in [5, 5.41) is 6.43. The molecular weight excluding hydrogens is 264 g/mol. The average molecular weight is 288 g/mol. The van der Waals surface area contributed by atoms with Gasteiger partial charge >= 0.3 is 0 Å². The summed E-state index contributed by atoms with van der Waals surface area (Å²) in [5.74, 6) is -0.0888. The molecule has 5 heteroatoms. The first kappa shape index (κ1) is 14.3. The molecule has 1 aromatic heterocycles. The molecule has 0 spiro atoms. The second kappa shape index (κ2) is 6.43. The first-order chi connectivity index (χ1) is 10.3. The van der Waals surface area contributed by atoms with E-state index in [1.54, 1.807) is 6.20 Å². The molecule has 0 radical (unpaired) electrons. The highest BCUT2D eigenvalue weighted by Gasteiger charge is 2.33. The van der Waals surface area contributed by atoms with Crippen molar-refractivity contribution < 1.29 is 4.79 Å². The van der Waals surface area contributed by atoms with Crippen LogP contribution >= 0.6 is 0 Å². The van der Waals surface area contributed by atoms with Crippen LogP contribution in [-0.4, -0.2) is 42.6 Å². The first-order valence-electron chi connectivity index (χ1n) is 8.04. The summed E-state index contributed by atoms with van der Waals surface area (Å²) < 4.78 is 0. The smallest absolute Gasteiger partial charge is 0.269 e. The Hall–Kier alpha value is -1.62. The molecule has 1 aromatic rings. The van der Waals surface area contributed by atoms with Gasteiger partial charge in [-0.25, -0.2) is 0 Å². The lowest BCUT2D eigenvalue weighted by Crippen LogP contribution is -2.44. The van der Waals surface area contributed by atoms with E-state index in [0.717, 1.165) is 18.8 Å². The highest BCUT2D eigenvalue weighted by molar-refractivity contribution is 5.93. The van der Waals surface area contributed by atoms with E-state index in [-0.39, 0.29) is 5.91 Å². The summed E-state index contributed by atoms with van der Waals surface area (Å²) in [7, 11) is 0. The maximum atomic E-state index is 11.9. The number of hydrogen-bond acceptors (Lipinski definition) is 4. The van der Waals surface area contributed by atoms with E-state index in [9.17, 15) is 4.79 Å². The molecule has 2 aliphatic rings. The van der Waals surface area contributed by atoms with Crippen molar-refractivity contribution in [3.63, 3.8) is 0 Å². The van der Waals surface area contributed by atoms with Crippen LogP contribution in [0.4, 0.5) is 5.69 Å². The molecule has 5 nitrogen and oxygen atoms in total. The number of nitrogens with zero attached hydrogens (tertiary/aromatic N) is 2. The standard InChI is InChI=1S/C16H24N4O/c1-2-17-16(21)14-11-12(7-9-19-14)20-10-4-6-15(20)13-5-3-8-18-13/h7,9,11,13,15,18H,2-6,8,10H2,1H3,(H,17,21). The number of carbonyl (C=O) groups excluding carboxylic acids is 1. The van der Waals surface area contributed by atoms with Gasteiger partial charge in [0.05, 0.1) is 0 Å². The average Bonchev–Trinajstić information content (AvgIpc) is 3.18. The minimum absolute atomic E-state index is 0.0888. The highest BCUT2D eigenvalue weighted by atomic mass is 16.1. The Bertz CT molecular complexity index is 499. The minimum Gasteiger partial charge on any atom is -0.367 e. The molecule has 21 heavy (non-hydrogen) atoms. The van der Waals surface area contributed by atoms with Crippen molar-refractivity contribution >= 4 is 11.6 Å². The number of rotatable bonds is 4. The van der Waals surface area contributed by atoms with Crippen LogP contribution in [0.3, 0.4) is 0 Å². The van der Waals surface area contributed by atoms with E-state index in [1.807, 2.05) is 19.1 Å². The van der Waals surface area contributed by atoms with Crippen molar-refractivity contribution in [2.24, 2.45) is 0 Å². The van der Waals surface area contributed by atoms with Gasteiger partial charge < -0.3 is 15.5 Å². The molecule has 3 heterocycles. The maximum Gasteiger partial charge on any atom is 0.269 e. The highest BCUT2D eigenvalue weighted by Crippen LogP contribution is 2.30. The van der Waals surface area contributed by atoms with Gasteiger partial charge in [0.1, 0.15) is 5.69 Å². The molecule has 2 saturated heterocycles. The third-order valence-electron chi connectivity index (χ3n) is 4.51. The molecule has 2 N–H and O–H groups in total. The van der Waals surface area contributed by atoms with Gasteiger partial charge in [0.25, 0.3) is 5.91 Å². The first-order valence-corrected chi connectivity index (χ1v) is 8.04. The second-order valence-electron chi connectivity index (χ2n) is 5.86. The van der Waals surface area contributed by atoms with E-state index in [0.29, 0.717) is 24.3 Å². The molecule has 114 valence electrons. The van der Waals surface area contributed by atoms with Gasteiger partial charge in [-0.05, 0) is 51.3 Å². The lowest BCUT2D eigenvalue weighted by atomic mass is 10.0. The van der Waals surface area contributed by atoms with Crippen molar-refractivity contribution in [3.8, 4) is 0 Å². The zero-order valence-corrected chi connectivity index (χ0v) is 12.6. The van der Waals surface area contributed by atoms with Crippen molar-refractivity contribution in [1.82, 2.24) is 15.6 Å². The van der Waals surface area contributed by atoms with Crippen LogP contribution < -0.4 is 15.5 Å². The molecular formula is C16H24N4O. The van der Waals surface area contributed by atoms with Gasteiger partial charge in [0, 0.05) is 37.1 Å². The van der Waals surface area contributed by atoms with E-state index < -0.39 is 0 Å². The number of hydrogen-bond donors (Lipinski definition) is 2. The van der Waals surface area contributed by atoms with Crippen molar-refractivity contribution in [2.75, 3.05) is 24.5 Å². The summed E-state index contributed by atoms with van der Waals surface area (Å²) in [6, 6.07) is 5.10. The quantitative estimate of drug-likeness (QED) is 0.882. The minimum atomic E-state index is -0.0888. The molecule has 2 atom stereocenters. The Morgan fingerprint density at radius 2 is 2.38 bits per heavy atom. The van der Waals surface area contributed by atoms with Crippen LogP contribution in [0.15, 0.2) is 18.3 Å². The Morgan fingerprint density at radius 1 is 1.48 bits per heavy atom. The monoisotopic (exact) mass is 288 g/mol. The lowest BCUT2D eigenvalue weighted by molar-refractivity contribution is 0.0951. The molecule has 2 aliphatic heterocycles. The Labute approximate surface area is 126 Å². The van der Waals surface area contributed by atoms with Crippen LogP contribution in [0.1, 0.15) is 43.1 Å². The van der Waals surface area contributed by atoms with Gasteiger partial charge in [-0.3, -0.25) is 9.78 Å². The third kappa shape index (κ3) is 3.02. The molecule has 0 aliphatic carbocycles. The van der Waals surface area contributed by atoms with E-state index >= 15 is 0 Å². The van der Waals surface area contributed by atoms with Crippen LogP contribution in [0.5, 0.6) is 0 Å². The second-order valence-corrected chi connectivity index (χ2v) is 5.86. The zero-order valence-electron chi connectivity index (χ0n) is 12.6. The summed E-state index contributed by atoms with van der Waals surface area (Å²) in [5.41, 5.74) is 1.64. The third-order valence-corrected chi connectivity index (χ3v) is 4.51. The number of pyridine rings is 1.